The number of benzene rings is 1. The van der Waals surface area contributed by atoms with E-state index in [4.69, 9.17) is 4.74 Å². The molecule has 2 aromatic rings. The van der Waals surface area contributed by atoms with E-state index >= 15 is 0 Å². The molecular weight excluding hydrogens is 348 g/mol. The lowest BCUT2D eigenvalue weighted by Crippen LogP contribution is -2.20. The summed E-state index contributed by atoms with van der Waals surface area (Å²) in [6.45, 7) is 7.85. The number of aromatic nitrogens is 1. The van der Waals surface area contributed by atoms with Gasteiger partial charge in [-0.25, -0.2) is 4.98 Å². The lowest BCUT2D eigenvalue weighted by atomic mass is 10.1. The Kier molecular flexibility index (Phi) is 6.21. The lowest BCUT2D eigenvalue weighted by Gasteiger charge is -2.18. The second kappa shape index (κ2) is 7.92. The second-order valence-corrected chi connectivity index (χ2v) is 6.98. The lowest BCUT2D eigenvalue weighted by molar-refractivity contribution is 0.295. The number of hydrogen-bond donors (Lipinski definition) is 1. The van der Waals surface area contributed by atoms with Crippen LogP contribution in [0.4, 0.5) is 0 Å². The first-order valence-corrected chi connectivity index (χ1v) is 8.84. The van der Waals surface area contributed by atoms with Crippen molar-refractivity contribution >= 4 is 27.3 Å². The first-order valence-electron chi connectivity index (χ1n) is 7.16. The molecule has 2 rings (SSSR count). The SMILES string of the molecule is CCCNC(C)c1cc(Br)ccc1OCc1csc(C)n1. The number of nitrogens with zero attached hydrogens (tertiary/aromatic N) is 1. The van der Waals surface area contributed by atoms with Gasteiger partial charge in [-0.05, 0) is 45.0 Å². The number of rotatable bonds is 7. The molecule has 0 bridgehead atoms. The molecule has 0 aliphatic rings. The number of thiazole rings is 1. The van der Waals surface area contributed by atoms with Gasteiger partial charge in [0.1, 0.15) is 12.4 Å². The van der Waals surface area contributed by atoms with Gasteiger partial charge in [-0.1, -0.05) is 22.9 Å². The molecule has 5 heteroatoms. The summed E-state index contributed by atoms with van der Waals surface area (Å²) in [6, 6.07) is 6.41. The van der Waals surface area contributed by atoms with Crippen molar-refractivity contribution in [1.82, 2.24) is 10.3 Å². The average Bonchev–Trinajstić information content (AvgIpc) is 2.89. The summed E-state index contributed by atoms with van der Waals surface area (Å²) in [7, 11) is 0. The van der Waals surface area contributed by atoms with Crippen LogP contribution in [0.25, 0.3) is 0 Å². The zero-order chi connectivity index (χ0) is 15.2. The number of aryl methyl sites for hydroxylation is 1. The summed E-state index contributed by atoms with van der Waals surface area (Å²) < 4.78 is 7.04. The van der Waals surface area contributed by atoms with Crippen molar-refractivity contribution in [3.8, 4) is 5.75 Å². The van der Waals surface area contributed by atoms with Crippen LogP contribution in [0.5, 0.6) is 5.75 Å². The Hall–Kier alpha value is -0.910. The molecule has 1 unspecified atom stereocenters. The van der Waals surface area contributed by atoms with Crippen molar-refractivity contribution in [3.05, 3.63) is 44.3 Å². The van der Waals surface area contributed by atoms with Crippen LogP contribution < -0.4 is 10.1 Å². The number of halogens is 1. The molecule has 1 N–H and O–H groups in total. The van der Waals surface area contributed by atoms with Crippen LogP contribution in [-0.2, 0) is 6.61 Å². The zero-order valence-electron chi connectivity index (χ0n) is 12.6. The van der Waals surface area contributed by atoms with E-state index in [1.165, 1.54) is 5.56 Å². The summed E-state index contributed by atoms with van der Waals surface area (Å²) in [5, 5.41) is 6.62. The predicted octanol–water partition coefficient (Wildman–Crippen LogP) is 4.85. The molecular formula is C16H21BrN2OS. The second-order valence-electron chi connectivity index (χ2n) is 5.00. The molecule has 0 saturated heterocycles. The van der Waals surface area contributed by atoms with Crippen LogP contribution in [0.2, 0.25) is 0 Å². The van der Waals surface area contributed by atoms with E-state index in [2.05, 4.69) is 46.1 Å². The summed E-state index contributed by atoms with van der Waals surface area (Å²) in [5.41, 5.74) is 2.16. The summed E-state index contributed by atoms with van der Waals surface area (Å²) >= 11 is 5.19. The van der Waals surface area contributed by atoms with Crippen molar-refractivity contribution in [2.45, 2.75) is 39.8 Å². The minimum absolute atomic E-state index is 0.259. The average molecular weight is 369 g/mol. The smallest absolute Gasteiger partial charge is 0.131 e. The standard InChI is InChI=1S/C16H21BrN2OS/c1-4-7-18-11(2)15-8-13(17)5-6-16(15)20-9-14-10-21-12(3)19-14/h5-6,8,10-11,18H,4,7,9H2,1-3H3. The largest absolute Gasteiger partial charge is 0.487 e. The van der Waals surface area contributed by atoms with Crippen LogP contribution in [0.1, 0.15) is 42.6 Å². The molecule has 0 saturated carbocycles. The van der Waals surface area contributed by atoms with E-state index < -0.39 is 0 Å². The quantitative estimate of drug-likeness (QED) is 0.757. The van der Waals surface area contributed by atoms with E-state index in [0.717, 1.165) is 33.9 Å². The van der Waals surface area contributed by atoms with Crippen molar-refractivity contribution in [2.24, 2.45) is 0 Å². The van der Waals surface area contributed by atoms with Gasteiger partial charge >= 0.3 is 0 Å². The number of hydrogen-bond acceptors (Lipinski definition) is 4. The van der Waals surface area contributed by atoms with Gasteiger partial charge in [0.15, 0.2) is 0 Å². The molecule has 0 fully saturated rings. The highest BCUT2D eigenvalue weighted by Crippen LogP contribution is 2.29. The highest BCUT2D eigenvalue weighted by molar-refractivity contribution is 9.10. The Morgan fingerprint density at radius 1 is 1.43 bits per heavy atom. The van der Waals surface area contributed by atoms with Crippen LogP contribution in [0.3, 0.4) is 0 Å². The number of nitrogens with one attached hydrogen (secondary N) is 1. The van der Waals surface area contributed by atoms with Crippen molar-refractivity contribution < 1.29 is 4.74 Å². The molecule has 0 aliphatic carbocycles. The summed E-state index contributed by atoms with van der Waals surface area (Å²) in [5.74, 6) is 0.917. The van der Waals surface area contributed by atoms with E-state index in [9.17, 15) is 0 Å². The molecule has 114 valence electrons. The highest BCUT2D eigenvalue weighted by atomic mass is 79.9. The maximum Gasteiger partial charge on any atom is 0.131 e. The molecule has 0 aliphatic heterocycles. The van der Waals surface area contributed by atoms with E-state index in [0.29, 0.717) is 6.61 Å². The fraction of sp³-hybridized carbons (Fsp3) is 0.438. The molecule has 1 atom stereocenters. The van der Waals surface area contributed by atoms with E-state index in [1.807, 2.05) is 24.4 Å². The first-order chi connectivity index (χ1) is 10.1. The summed E-state index contributed by atoms with van der Waals surface area (Å²) in [4.78, 5) is 4.44. The zero-order valence-corrected chi connectivity index (χ0v) is 15.1. The molecule has 1 aromatic carbocycles. The Morgan fingerprint density at radius 3 is 2.90 bits per heavy atom. The highest BCUT2D eigenvalue weighted by Gasteiger charge is 2.12. The van der Waals surface area contributed by atoms with Gasteiger partial charge in [0.05, 0.1) is 10.7 Å². The summed E-state index contributed by atoms with van der Waals surface area (Å²) in [6.07, 6.45) is 1.12. The van der Waals surface area contributed by atoms with Gasteiger partial charge in [0, 0.05) is 21.5 Å². The van der Waals surface area contributed by atoms with E-state index in [-0.39, 0.29) is 6.04 Å². The Labute approximate surface area is 138 Å². The third-order valence-corrected chi connectivity index (χ3v) is 4.50. The maximum atomic E-state index is 5.98. The third kappa shape index (κ3) is 4.80. The van der Waals surface area contributed by atoms with Gasteiger partial charge in [0.25, 0.3) is 0 Å². The predicted molar refractivity (Wildman–Crippen MR) is 92.0 cm³/mol. The molecule has 21 heavy (non-hydrogen) atoms. The Morgan fingerprint density at radius 2 is 2.24 bits per heavy atom. The Balaban J connectivity index is 2.10. The molecule has 1 heterocycles. The normalized spacial score (nSPS) is 12.4. The number of ether oxygens (including phenoxy) is 1. The van der Waals surface area contributed by atoms with Gasteiger partial charge < -0.3 is 10.1 Å². The maximum absolute atomic E-state index is 5.98. The molecule has 0 radical (unpaired) electrons. The molecule has 0 amide bonds. The van der Waals surface area contributed by atoms with Crippen molar-refractivity contribution in [2.75, 3.05) is 6.54 Å². The van der Waals surface area contributed by atoms with Crippen LogP contribution in [-0.4, -0.2) is 11.5 Å². The van der Waals surface area contributed by atoms with Crippen molar-refractivity contribution in [1.29, 1.82) is 0 Å². The van der Waals surface area contributed by atoms with Gasteiger partial charge in [0.2, 0.25) is 0 Å². The molecule has 3 nitrogen and oxygen atoms in total. The van der Waals surface area contributed by atoms with Gasteiger partial charge in [-0.15, -0.1) is 11.3 Å². The van der Waals surface area contributed by atoms with Crippen LogP contribution in [0.15, 0.2) is 28.1 Å². The Bertz CT molecular complexity index is 585. The minimum atomic E-state index is 0.259. The fourth-order valence-electron chi connectivity index (χ4n) is 2.09. The van der Waals surface area contributed by atoms with Crippen LogP contribution >= 0.6 is 27.3 Å². The van der Waals surface area contributed by atoms with E-state index in [1.54, 1.807) is 11.3 Å². The van der Waals surface area contributed by atoms with Crippen LogP contribution in [0, 0.1) is 6.92 Å². The van der Waals surface area contributed by atoms with Gasteiger partial charge in [-0.2, -0.15) is 0 Å². The third-order valence-electron chi connectivity index (χ3n) is 3.18. The van der Waals surface area contributed by atoms with Crippen molar-refractivity contribution in [3.63, 3.8) is 0 Å². The first kappa shape index (κ1) is 16.5. The van der Waals surface area contributed by atoms with Gasteiger partial charge in [-0.3, -0.25) is 0 Å². The topological polar surface area (TPSA) is 34.1 Å². The fourth-order valence-corrected chi connectivity index (χ4v) is 3.06. The minimum Gasteiger partial charge on any atom is -0.487 e. The molecule has 0 spiro atoms. The monoisotopic (exact) mass is 368 g/mol. The molecule has 1 aromatic heterocycles.